The molecule has 0 fully saturated rings. The predicted octanol–water partition coefficient (Wildman–Crippen LogP) is 4.26. The van der Waals surface area contributed by atoms with Crippen LogP contribution in [0.15, 0.2) is 54.6 Å². The molecule has 0 aliphatic rings. The Kier molecular flexibility index (Phi) is 9.96. The number of para-hydroxylation sites is 1. The normalized spacial score (nSPS) is 12.3. The number of aryl methyl sites for hydroxylation is 1. The van der Waals surface area contributed by atoms with Crippen LogP contribution in [0.25, 0.3) is 5.69 Å². The summed E-state index contributed by atoms with van der Waals surface area (Å²) in [6.07, 6.45) is 0.335. The van der Waals surface area contributed by atoms with Crippen molar-refractivity contribution in [3.8, 4) is 11.6 Å². The lowest BCUT2D eigenvalue weighted by atomic mass is 9.99. The zero-order chi connectivity index (χ0) is 26.1. The van der Waals surface area contributed by atoms with E-state index in [0.717, 1.165) is 15.8 Å². The van der Waals surface area contributed by atoms with Gasteiger partial charge in [-0.2, -0.15) is 9.78 Å². The number of carboxylic acids is 1. The fourth-order valence-electron chi connectivity index (χ4n) is 3.20. The number of aromatic carboxylic acids is 1. The molecule has 0 spiro atoms. The van der Waals surface area contributed by atoms with Gasteiger partial charge in [-0.25, -0.2) is 9.18 Å². The van der Waals surface area contributed by atoms with Gasteiger partial charge in [0.05, 0.1) is 7.11 Å². The SMILES string of the molecule is COc1cc(C(=O)O)nn1-c1ccccc1F.Cc1ccccc1[C@@H](N)CC(=O)N[C@H](C)C(C)C. The van der Waals surface area contributed by atoms with Gasteiger partial charge in [0.2, 0.25) is 11.8 Å². The van der Waals surface area contributed by atoms with Crippen molar-refractivity contribution >= 4 is 11.9 Å². The number of carbonyl (C=O) groups is 2. The van der Waals surface area contributed by atoms with Crippen LogP contribution in [0.2, 0.25) is 0 Å². The van der Waals surface area contributed by atoms with Gasteiger partial charge in [-0.1, -0.05) is 50.2 Å². The first-order valence-corrected chi connectivity index (χ1v) is 11.3. The first-order chi connectivity index (χ1) is 16.5. The van der Waals surface area contributed by atoms with E-state index in [0.29, 0.717) is 12.3 Å². The fraction of sp³-hybridized carbons (Fsp3) is 0.346. The topological polar surface area (TPSA) is 119 Å². The van der Waals surface area contributed by atoms with E-state index in [1.165, 1.54) is 31.4 Å². The number of nitrogens with two attached hydrogens (primary N) is 1. The molecule has 9 heteroatoms. The van der Waals surface area contributed by atoms with Crippen molar-refractivity contribution in [3.63, 3.8) is 0 Å². The van der Waals surface area contributed by atoms with Crippen molar-refractivity contribution < 1.29 is 23.8 Å². The van der Waals surface area contributed by atoms with E-state index in [9.17, 15) is 14.0 Å². The monoisotopic (exact) mass is 484 g/mol. The second kappa shape index (κ2) is 12.7. The van der Waals surface area contributed by atoms with Crippen LogP contribution in [-0.4, -0.2) is 39.9 Å². The van der Waals surface area contributed by atoms with E-state index >= 15 is 0 Å². The summed E-state index contributed by atoms with van der Waals surface area (Å²) in [6, 6.07) is 15.0. The van der Waals surface area contributed by atoms with Gasteiger partial charge < -0.3 is 20.9 Å². The number of benzene rings is 2. The highest BCUT2D eigenvalue weighted by Crippen LogP contribution is 2.21. The average Bonchev–Trinajstić information content (AvgIpc) is 3.24. The average molecular weight is 485 g/mol. The molecule has 0 aliphatic carbocycles. The summed E-state index contributed by atoms with van der Waals surface area (Å²) < 4.78 is 19.6. The van der Waals surface area contributed by atoms with Crippen molar-refractivity contribution in [1.82, 2.24) is 15.1 Å². The molecule has 3 aromatic rings. The summed E-state index contributed by atoms with van der Waals surface area (Å²) in [6.45, 7) is 8.21. The van der Waals surface area contributed by atoms with Gasteiger partial charge in [-0.3, -0.25) is 4.79 Å². The maximum atomic E-state index is 13.5. The van der Waals surface area contributed by atoms with Crippen LogP contribution in [-0.2, 0) is 4.79 Å². The van der Waals surface area contributed by atoms with E-state index < -0.39 is 11.8 Å². The molecule has 2 atom stereocenters. The number of rotatable bonds is 8. The van der Waals surface area contributed by atoms with Crippen molar-refractivity contribution in [2.75, 3.05) is 7.11 Å². The highest BCUT2D eigenvalue weighted by molar-refractivity contribution is 5.85. The third-order valence-electron chi connectivity index (χ3n) is 5.57. The molecule has 0 saturated heterocycles. The molecule has 0 aliphatic heterocycles. The number of hydrogen-bond donors (Lipinski definition) is 3. The van der Waals surface area contributed by atoms with Crippen LogP contribution in [0, 0.1) is 18.7 Å². The van der Waals surface area contributed by atoms with Gasteiger partial charge in [0.15, 0.2) is 5.69 Å². The van der Waals surface area contributed by atoms with Crippen LogP contribution < -0.4 is 15.8 Å². The second-order valence-electron chi connectivity index (χ2n) is 8.51. The van der Waals surface area contributed by atoms with E-state index in [1.54, 1.807) is 6.07 Å². The molecule has 8 nitrogen and oxygen atoms in total. The highest BCUT2D eigenvalue weighted by atomic mass is 19.1. The van der Waals surface area contributed by atoms with Gasteiger partial charge in [0.25, 0.3) is 0 Å². The Labute approximate surface area is 204 Å². The molecule has 0 unspecified atom stereocenters. The quantitative estimate of drug-likeness (QED) is 0.439. The number of hydrogen-bond acceptors (Lipinski definition) is 5. The number of aromatic nitrogens is 2. The summed E-state index contributed by atoms with van der Waals surface area (Å²) in [5, 5.41) is 15.6. The lowest BCUT2D eigenvalue weighted by molar-refractivity contribution is -0.122. The lowest BCUT2D eigenvalue weighted by Gasteiger charge is -2.19. The molecule has 4 N–H and O–H groups in total. The molecular weight excluding hydrogens is 451 g/mol. The van der Waals surface area contributed by atoms with E-state index in [-0.39, 0.29) is 35.3 Å². The third-order valence-corrected chi connectivity index (χ3v) is 5.57. The van der Waals surface area contributed by atoms with Crippen molar-refractivity contribution in [3.05, 3.63) is 77.2 Å². The molecule has 0 saturated carbocycles. The van der Waals surface area contributed by atoms with Crippen molar-refractivity contribution in [2.24, 2.45) is 11.7 Å². The summed E-state index contributed by atoms with van der Waals surface area (Å²) in [4.78, 5) is 22.6. The Bertz CT molecular complexity index is 1150. The first-order valence-electron chi connectivity index (χ1n) is 11.3. The van der Waals surface area contributed by atoms with Crippen molar-refractivity contribution in [1.29, 1.82) is 0 Å². The first kappa shape index (κ1) is 27.5. The van der Waals surface area contributed by atoms with Gasteiger partial charge in [0, 0.05) is 24.6 Å². The summed E-state index contributed by atoms with van der Waals surface area (Å²) in [5.74, 6) is -1.09. The Morgan fingerprint density at radius 3 is 2.34 bits per heavy atom. The molecule has 2 aromatic carbocycles. The molecule has 0 bridgehead atoms. The van der Waals surface area contributed by atoms with Gasteiger partial charge >= 0.3 is 5.97 Å². The number of nitrogens with zero attached hydrogens (tertiary/aromatic N) is 2. The number of methoxy groups -OCH3 is 1. The minimum absolute atomic E-state index is 0.0203. The standard InChI is InChI=1S/C15H24N2O.C11H9FN2O3/c1-10(2)12(4)17-15(18)9-14(16)13-8-6-5-7-11(13)3;1-17-10-6-8(11(15)16)13-14(10)9-5-3-2-4-7(9)12/h5-8,10,12,14H,9,16H2,1-4H3,(H,17,18);2-6H,1H3,(H,15,16)/t12-,14+;/m1./s1. The summed E-state index contributed by atoms with van der Waals surface area (Å²) in [5.41, 5.74) is 8.20. The third kappa shape index (κ3) is 7.65. The zero-order valence-corrected chi connectivity index (χ0v) is 20.7. The largest absolute Gasteiger partial charge is 0.481 e. The number of carboxylic acid groups (broad SMARTS) is 1. The number of halogens is 1. The van der Waals surface area contributed by atoms with Crippen molar-refractivity contribution in [2.45, 2.75) is 46.2 Å². The fourth-order valence-corrected chi connectivity index (χ4v) is 3.20. The summed E-state index contributed by atoms with van der Waals surface area (Å²) in [7, 11) is 1.36. The molecule has 0 radical (unpaired) electrons. The molecule has 188 valence electrons. The lowest BCUT2D eigenvalue weighted by Crippen LogP contribution is -2.37. The van der Waals surface area contributed by atoms with Crippen LogP contribution in [0.5, 0.6) is 5.88 Å². The molecule has 1 heterocycles. The molecule has 3 rings (SSSR count). The zero-order valence-electron chi connectivity index (χ0n) is 20.7. The van der Waals surface area contributed by atoms with Gasteiger partial charge in [0.1, 0.15) is 11.5 Å². The number of ether oxygens (including phenoxy) is 1. The smallest absolute Gasteiger partial charge is 0.356 e. The predicted molar refractivity (Wildman–Crippen MR) is 132 cm³/mol. The van der Waals surface area contributed by atoms with E-state index in [2.05, 4.69) is 24.3 Å². The van der Waals surface area contributed by atoms with Crippen LogP contribution in [0.1, 0.15) is 54.8 Å². The van der Waals surface area contributed by atoms with Crippen LogP contribution in [0.4, 0.5) is 4.39 Å². The molecular formula is C26H33FN4O4. The minimum Gasteiger partial charge on any atom is -0.481 e. The van der Waals surface area contributed by atoms with Crippen LogP contribution >= 0.6 is 0 Å². The number of nitrogens with one attached hydrogen (secondary N) is 1. The summed E-state index contributed by atoms with van der Waals surface area (Å²) >= 11 is 0. The number of amides is 1. The van der Waals surface area contributed by atoms with Crippen LogP contribution in [0.3, 0.4) is 0 Å². The number of carbonyl (C=O) groups excluding carboxylic acids is 1. The van der Waals surface area contributed by atoms with Gasteiger partial charge in [-0.15, -0.1) is 0 Å². The Hall–Kier alpha value is -3.72. The molecule has 1 amide bonds. The maximum absolute atomic E-state index is 13.5. The van der Waals surface area contributed by atoms with Gasteiger partial charge in [-0.05, 0) is 43.0 Å². The van der Waals surface area contributed by atoms with E-state index in [1.807, 2.05) is 38.1 Å². The van der Waals surface area contributed by atoms with E-state index in [4.69, 9.17) is 15.6 Å². The maximum Gasteiger partial charge on any atom is 0.356 e. The highest BCUT2D eigenvalue weighted by Gasteiger charge is 2.17. The Morgan fingerprint density at radius 1 is 1.14 bits per heavy atom. The molecule has 35 heavy (non-hydrogen) atoms. The Morgan fingerprint density at radius 2 is 1.77 bits per heavy atom. The Balaban J connectivity index is 0.000000247. The minimum atomic E-state index is -1.20. The second-order valence-corrected chi connectivity index (χ2v) is 8.51. The molecule has 1 aromatic heterocycles.